The van der Waals surface area contributed by atoms with E-state index in [9.17, 15) is 4.79 Å². The number of aliphatic hydroxyl groups excluding tert-OH is 1. The van der Waals surface area contributed by atoms with Gasteiger partial charge in [0, 0.05) is 0 Å². The molecule has 0 unspecified atom stereocenters. The van der Waals surface area contributed by atoms with Crippen molar-refractivity contribution in [2.24, 2.45) is 5.92 Å². The van der Waals surface area contributed by atoms with Gasteiger partial charge in [0.2, 0.25) is 0 Å². The Morgan fingerprint density at radius 2 is 2.18 bits per heavy atom. The van der Waals surface area contributed by atoms with Crippen molar-refractivity contribution in [2.75, 3.05) is 6.61 Å². The van der Waals surface area contributed by atoms with Gasteiger partial charge in [0.05, 0.1) is 18.4 Å². The van der Waals surface area contributed by atoms with Crippen LogP contribution in [-0.4, -0.2) is 17.7 Å². The summed E-state index contributed by atoms with van der Waals surface area (Å²) in [6.07, 6.45) is 0.753. The molecule has 3 heteroatoms. The number of aliphatic hydroxyl groups is 1. The highest BCUT2D eigenvalue weighted by atomic mass is 16.5. The Balaban J connectivity index is 3.71. The number of hydrogen-bond donors (Lipinski definition) is 1. The lowest BCUT2D eigenvalue weighted by Gasteiger charge is -2.05. The minimum absolute atomic E-state index is 0.227. The van der Waals surface area contributed by atoms with E-state index in [0.717, 1.165) is 6.26 Å². The first-order valence-corrected chi connectivity index (χ1v) is 3.56. The first-order valence-electron chi connectivity index (χ1n) is 3.56. The maximum atomic E-state index is 10.8. The van der Waals surface area contributed by atoms with Crippen molar-refractivity contribution in [3.8, 4) is 0 Å². The molecule has 0 aromatic heterocycles. The number of hydrogen-bond acceptors (Lipinski definition) is 3. The molecule has 0 rings (SSSR count). The van der Waals surface area contributed by atoms with Crippen LogP contribution < -0.4 is 0 Å². The largest absolute Gasteiger partial charge is 0.515 e. The molecular formula is C8H14O3. The van der Waals surface area contributed by atoms with Crippen LogP contribution in [0.2, 0.25) is 0 Å². The fourth-order valence-corrected chi connectivity index (χ4v) is 0.409. The average molecular weight is 158 g/mol. The van der Waals surface area contributed by atoms with Gasteiger partial charge in [-0.3, -0.25) is 0 Å². The van der Waals surface area contributed by atoms with E-state index in [1.165, 1.54) is 6.92 Å². The first kappa shape index (κ1) is 10.0. The summed E-state index contributed by atoms with van der Waals surface area (Å²) in [5, 5.41) is 8.41. The third kappa shape index (κ3) is 4.42. The van der Waals surface area contributed by atoms with Crippen molar-refractivity contribution < 1.29 is 14.6 Å². The van der Waals surface area contributed by atoms with E-state index in [2.05, 4.69) is 0 Å². The molecule has 0 aliphatic carbocycles. The van der Waals surface area contributed by atoms with E-state index in [0.29, 0.717) is 12.5 Å². The van der Waals surface area contributed by atoms with Gasteiger partial charge in [0.15, 0.2) is 0 Å². The van der Waals surface area contributed by atoms with Crippen LogP contribution in [0.4, 0.5) is 0 Å². The lowest BCUT2D eigenvalue weighted by atomic mass is 10.2. The van der Waals surface area contributed by atoms with Gasteiger partial charge in [-0.25, -0.2) is 4.79 Å². The topological polar surface area (TPSA) is 46.5 Å². The summed E-state index contributed by atoms with van der Waals surface area (Å²) in [5.41, 5.74) is 0.227. The van der Waals surface area contributed by atoms with E-state index in [1.807, 2.05) is 13.8 Å². The van der Waals surface area contributed by atoms with Gasteiger partial charge in [0.1, 0.15) is 0 Å². The third-order valence-electron chi connectivity index (χ3n) is 1.06. The molecule has 1 N–H and O–H groups in total. The first-order chi connectivity index (χ1) is 5.07. The summed E-state index contributed by atoms with van der Waals surface area (Å²) < 4.78 is 4.79. The lowest BCUT2D eigenvalue weighted by Crippen LogP contribution is -2.10. The van der Waals surface area contributed by atoms with E-state index in [1.54, 1.807) is 0 Å². The van der Waals surface area contributed by atoms with Gasteiger partial charge in [-0.15, -0.1) is 0 Å². The highest BCUT2D eigenvalue weighted by molar-refractivity contribution is 5.87. The molecule has 0 amide bonds. The number of esters is 1. The monoisotopic (exact) mass is 158 g/mol. The zero-order valence-electron chi connectivity index (χ0n) is 7.13. The summed E-state index contributed by atoms with van der Waals surface area (Å²) in [6.45, 7) is 5.79. The van der Waals surface area contributed by atoms with Gasteiger partial charge in [-0.1, -0.05) is 13.8 Å². The quantitative estimate of drug-likeness (QED) is 0.386. The van der Waals surface area contributed by atoms with Gasteiger partial charge in [-0.05, 0) is 12.8 Å². The van der Waals surface area contributed by atoms with E-state index in [4.69, 9.17) is 9.84 Å². The summed E-state index contributed by atoms with van der Waals surface area (Å²) in [5.74, 6) is -0.133. The SMILES string of the molecule is CC(=CO)C(=O)OCC(C)C. The predicted molar refractivity (Wildman–Crippen MR) is 42.2 cm³/mol. The molecule has 0 saturated heterocycles. The molecular weight excluding hydrogens is 144 g/mol. The minimum Gasteiger partial charge on any atom is -0.515 e. The van der Waals surface area contributed by atoms with Gasteiger partial charge in [0.25, 0.3) is 0 Å². The van der Waals surface area contributed by atoms with Crippen molar-refractivity contribution in [1.82, 2.24) is 0 Å². The fourth-order valence-electron chi connectivity index (χ4n) is 0.409. The second kappa shape index (κ2) is 4.77. The van der Waals surface area contributed by atoms with Crippen LogP contribution in [0, 0.1) is 5.92 Å². The van der Waals surface area contributed by atoms with Crippen molar-refractivity contribution in [3.05, 3.63) is 11.8 Å². The maximum absolute atomic E-state index is 10.8. The van der Waals surface area contributed by atoms with Crippen LogP contribution >= 0.6 is 0 Å². The summed E-state index contributed by atoms with van der Waals surface area (Å²) in [6, 6.07) is 0. The number of carbonyl (C=O) groups excluding carboxylic acids is 1. The van der Waals surface area contributed by atoms with Crippen molar-refractivity contribution >= 4 is 5.97 Å². The Morgan fingerprint density at radius 3 is 2.55 bits per heavy atom. The Morgan fingerprint density at radius 1 is 1.64 bits per heavy atom. The molecule has 0 heterocycles. The van der Waals surface area contributed by atoms with E-state index in [-0.39, 0.29) is 5.57 Å². The van der Waals surface area contributed by atoms with Crippen molar-refractivity contribution in [3.63, 3.8) is 0 Å². The van der Waals surface area contributed by atoms with Gasteiger partial charge >= 0.3 is 5.97 Å². The molecule has 11 heavy (non-hydrogen) atoms. The van der Waals surface area contributed by atoms with E-state index < -0.39 is 5.97 Å². The number of ether oxygens (including phenoxy) is 1. The Hall–Kier alpha value is -0.990. The van der Waals surface area contributed by atoms with Gasteiger partial charge < -0.3 is 9.84 Å². The summed E-state index contributed by atoms with van der Waals surface area (Å²) in [4.78, 5) is 10.8. The molecule has 0 aromatic rings. The molecule has 0 bridgehead atoms. The molecule has 0 spiro atoms. The molecule has 0 aliphatic heterocycles. The fraction of sp³-hybridized carbons (Fsp3) is 0.625. The lowest BCUT2D eigenvalue weighted by molar-refractivity contribution is -0.140. The Kier molecular flexibility index (Phi) is 4.34. The zero-order chi connectivity index (χ0) is 8.85. The maximum Gasteiger partial charge on any atom is 0.336 e. The zero-order valence-corrected chi connectivity index (χ0v) is 7.13. The van der Waals surface area contributed by atoms with Crippen LogP contribution in [0.25, 0.3) is 0 Å². The van der Waals surface area contributed by atoms with Crippen LogP contribution in [0.1, 0.15) is 20.8 Å². The van der Waals surface area contributed by atoms with E-state index >= 15 is 0 Å². The molecule has 0 saturated carbocycles. The normalized spacial score (nSPS) is 11.8. The average Bonchev–Trinajstić information content (AvgIpc) is 1.98. The van der Waals surface area contributed by atoms with Crippen molar-refractivity contribution in [2.45, 2.75) is 20.8 Å². The molecule has 64 valence electrons. The highest BCUT2D eigenvalue weighted by Crippen LogP contribution is 1.98. The standard InChI is InChI=1S/C8H14O3/c1-6(2)5-11-8(10)7(3)4-9/h4,6,9H,5H2,1-3H3. The van der Waals surface area contributed by atoms with Crippen LogP contribution in [0.15, 0.2) is 11.8 Å². The van der Waals surface area contributed by atoms with Crippen LogP contribution in [-0.2, 0) is 9.53 Å². The summed E-state index contributed by atoms with van der Waals surface area (Å²) in [7, 11) is 0. The minimum atomic E-state index is -0.457. The molecule has 0 fully saturated rings. The molecule has 0 radical (unpaired) electrons. The smallest absolute Gasteiger partial charge is 0.336 e. The number of carbonyl (C=O) groups is 1. The second-order valence-electron chi connectivity index (χ2n) is 2.80. The number of rotatable bonds is 3. The molecule has 0 atom stereocenters. The molecule has 3 nitrogen and oxygen atoms in total. The van der Waals surface area contributed by atoms with Crippen LogP contribution in [0.3, 0.4) is 0 Å². The summed E-state index contributed by atoms with van der Waals surface area (Å²) >= 11 is 0. The third-order valence-corrected chi connectivity index (χ3v) is 1.06. The molecule has 0 aliphatic rings. The van der Waals surface area contributed by atoms with Crippen LogP contribution in [0.5, 0.6) is 0 Å². The predicted octanol–water partition coefficient (Wildman–Crippen LogP) is 1.65. The Bertz CT molecular complexity index is 159. The van der Waals surface area contributed by atoms with Gasteiger partial charge in [-0.2, -0.15) is 0 Å². The second-order valence-corrected chi connectivity index (χ2v) is 2.80. The molecule has 0 aromatic carbocycles. The van der Waals surface area contributed by atoms with Crippen molar-refractivity contribution in [1.29, 1.82) is 0 Å². The Labute approximate surface area is 66.7 Å². The highest BCUT2D eigenvalue weighted by Gasteiger charge is 2.05.